The molecule has 0 bridgehead atoms. The van der Waals surface area contributed by atoms with E-state index in [2.05, 4.69) is 0 Å². The van der Waals surface area contributed by atoms with Crippen LogP contribution in [-0.2, 0) is 14.8 Å². The number of benzene rings is 2. The van der Waals surface area contributed by atoms with Crippen LogP contribution in [0.5, 0.6) is 11.5 Å². The Morgan fingerprint density at radius 1 is 0.906 bits per heavy atom. The highest BCUT2D eigenvalue weighted by molar-refractivity contribution is 7.89. The molecule has 2 aromatic rings. The van der Waals surface area contributed by atoms with Gasteiger partial charge in [0.25, 0.3) is 0 Å². The van der Waals surface area contributed by atoms with Gasteiger partial charge in [-0.25, -0.2) is 8.42 Å². The molecule has 172 valence electrons. The van der Waals surface area contributed by atoms with E-state index in [1.807, 2.05) is 29.2 Å². The predicted molar refractivity (Wildman–Crippen MR) is 121 cm³/mol. The second-order valence-electron chi connectivity index (χ2n) is 8.32. The molecule has 2 heterocycles. The number of carbonyl (C=O) groups excluding carboxylic acids is 1. The Kier molecular flexibility index (Phi) is 6.71. The summed E-state index contributed by atoms with van der Waals surface area (Å²) >= 11 is 0. The molecule has 0 aliphatic carbocycles. The van der Waals surface area contributed by atoms with Crippen molar-refractivity contribution >= 4 is 15.9 Å². The van der Waals surface area contributed by atoms with Crippen LogP contribution in [0.25, 0.3) is 0 Å². The van der Waals surface area contributed by atoms with Crippen LogP contribution >= 0.6 is 0 Å². The first-order chi connectivity index (χ1) is 15.4. The van der Waals surface area contributed by atoms with Crippen molar-refractivity contribution in [2.24, 2.45) is 5.92 Å². The summed E-state index contributed by atoms with van der Waals surface area (Å²) in [5.74, 6) is 1.39. The molecule has 0 N–H and O–H groups in total. The maximum Gasteiger partial charge on any atom is 0.243 e. The Balaban J connectivity index is 1.41. The van der Waals surface area contributed by atoms with Crippen LogP contribution in [0.4, 0.5) is 0 Å². The number of methoxy groups -OCH3 is 2. The second-order valence-corrected chi connectivity index (χ2v) is 10.3. The molecule has 0 spiro atoms. The second kappa shape index (κ2) is 9.50. The molecule has 2 aliphatic rings. The average Bonchev–Trinajstić information content (AvgIpc) is 3.34. The summed E-state index contributed by atoms with van der Waals surface area (Å²) in [6, 6.07) is 14.4. The number of carbonyl (C=O) groups is 1. The molecule has 0 unspecified atom stereocenters. The maximum atomic E-state index is 13.3. The van der Waals surface area contributed by atoms with Crippen molar-refractivity contribution in [3.63, 3.8) is 0 Å². The fourth-order valence-corrected chi connectivity index (χ4v) is 6.17. The van der Waals surface area contributed by atoms with Gasteiger partial charge in [-0.05, 0) is 67.6 Å². The van der Waals surface area contributed by atoms with Crippen molar-refractivity contribution in [3.05, 3.63) is 54.1 Å². The van der Waals surface area contributed by atoms with E-state index in [-0.39, 0.29) is 22.8 Å². The molecule has 2 saturated heterocycles. The summed E-state index contributed by atoms with van der Waals surface area (Å²) in [6.07, 6.45) is 2.98. The molecule has 0 radical (unpaired) electrons. The van der Waals surface area contributed by atoms with Gasteiger partial charge in [0.1, 0.15) is 11.5 Å². The first-order valence-electron chi connectivity index (χ1n) is 11.0. The molecule has 2 aliphatic heterocycles. The van der Waals surface area contributed by atoms with E-state index in [1.165, 1.54) is 4.31 Å². The van der Waals surface area contributed by atoms with Gasteiger partial charge in [0.05, 0.1) is 25.2 Å². The van der Waals surface area contributed by atoms with Crippen LogP contribution < -0.4 is 9.47 Å². The summed E-state index contributed by atoms with van der Waals surface area (Å²) in [7, 11) is -0.388. The van der Waals surface area contributed by atoms with Gasteiger partial charge in [-0.3, -0.25) is 4.79 Å². The predicted octanol–water partition coefficient (Wildman–Crippen LogP) is 3.47. The third kappa shape index (κ3) is 4.47. The minimum absolute atomic E-state index is 0.0543. The molecule has 2 aromatic carbocycles. The van der Waals surface area contributed by atoms with Gasteiger partial charge in [0.2, 0.25) is 15.9 Å². The highest BCUT2D eigenvalue weighted by Gasteiger charge is 2.37. The standard InChI is InChI=1S/C24H30N2O5S/c1-30-20-8-10-22(11-9-20)32(28,29)25-15-12-18(13-16-25)24(27)26-14-4-7-23(26)19-5-3-6-21(17-19)31-2/h3,5-6,8-11,17-18,23H,4,7,12-16H2,1-2H3/t23-/m0/s1. The molecule has 7 nitrogen and oxygen atoms in total. The van der Waals surface area contributed by atoms with Crippen molar-refractivity contribution in [3.8, 4) is 11.5 Å². The minimum atomic E-state index is -3.58. The first-order valence-corrected chi connectivity index (χ1v) is 12.5. The number of sulfonamides is 1. The van der Waals surface area contributed by atoms with Crippen LogP contribution in [0.3, 0.4) is 0 Å². The quantitative estimate of drug-likeness (QED) is 0.663. The largest absolute Gasteiger partial charge is 0.497 e. The number of piperidine rings is 1. The molecule has 0 aromatic heterocycles. The zero-order chi connectivity index (χ0) is 22.7. The number of amides is 1. The van der Waals surface area contributed by atoms with Crippen LogP contribution in [0.2, 0.25) is 0 Å². The highest BCUT2D eigenvalue weighted by atomic mass is 32.2. The monoisotopic (exact) mass is 458 g/mol. The normalized spacial score (nSPS) is 20.3. The van der Waals surface area contributed by atoms with Gasteiger partial charge >= 0.3 is 0 Å². The van der Waals surface area contributed by atoms with Gasteiger partial charge < -0.3 is 14.4 Å². The number of nitrogens with zero attached hydrogens (tertiary/aromatic N) is 2. The lowest BCUT2D eigenvalue weighted by molar-refractivity contribution is -0.137. The zero-order valence-electron chi connectivity index (χ0n) is 18.6. The Labute approximate surface area is 190 Å². The van der Waals surface area contributed by atoms with Crippen molar-refractivity contribution in [1.29, 1.82) is 0 Å². The Bertz CT molecular complexity index is 1050. The van der Waals surface area contributed by atoms with E-state index in [1.54, 1.807) is 38.5 Å². The van der Waals surface area contributed by atoms with Crippen molar-refractivity contribution in [2.45, 2.75) is 36.6 Å². The van der Waals surface area contributed by atoms with Gasteiger partial charge in [-0.2, -0.15) is 4.31 Å². The van der Waals surface area contributed by atoms with E-state index in [4.69, 9.17) is 9.47 Å². The van der Waals surface area contributed by atoms with Crippen molar-refractivity contribution < 1.29 is 22.7 Å². The summed E-state index contributed by atoms with van der Waals surface area (Å²) < 4.78 is 37.9. The summed E-state index contributed by atoms with van der Waals surface area (Å²) in [5.41, 5.74) is 1.09. The van der Waals surface area contributed by atoms with E-state index >= 15 is 0 Å². The molecular weight excluding hydrogens is 428 g/mol. The van der Waals surface area contributed by atoms with Crippen molar-refractivity contribution in [2.75, 3.05) is 33.9 Å². The van der Waals surface area contributed by atoms with Gasteiger partial charge in [-0.15, -0.1) is 0 Å². The highest BCUT2D eigenvalue weighted by Crippen LogP contribution is 2.36. The van der Waals surface area contributed by atoms with Crippen molar-refractivity contribution in [1.82, 2.24) is 9.21 Å². The minimum Gasteiger partial charge on any atom is -0.497 e. The number of likely N-dealkylation sites (tertiary alicyclic amines) is 1. The van der Waals surface area contributed by atoms with Crippen LogP contribution in [0.1, 0.15) is 37.3 Å². The Morgan fingerprint density at radius 3 is 2.25 bits per heavy atom. The molecule has 4 rings (SSSR count). The van der Waals surface area contributed by atoms with Gasteiger partial charge in [0.15, 0.2) is 0 Å². The van der Waals surface area contributed by atoms with Crippen LogP contribution in [-0.4, -0.2) is 57.4 Å². The fourth-order valence-electron chi connectivity index (χ4n) is 4.70. The lowest BCUT2D eigenvalue weighted by Gasteiger charge is -2.34. The molecule has 8 heteroatoms. The smallest absolute Gasteiger partial charge is 0.243 e. The average molecular weight is 459 g/mol. The lowest BCUT2D eigenvalue weighted by Crippen LogP contribution is -2.44. The van der Waals surface area contributed by atoms with Gasteiger partial charge in [0, 0.05) is 25.6 Å². The molecule has 0 saturated carbocycles. The number of rotatable bonds is 6. The first kappa shape index (κ1) is 22.6. The van der Waals surface area contributed by atoms with E-state index in [0.29, 0.717) is 31.7 Å². The van der Waals surface area contributed by atoms with E-state index in [0.717, 1.165) is 30.7 Å². The van der Waals surface area contributed by atoms with E-state index < -0.39 is 10.0 Å². The lowest BCUT2D eigenvalue weighted by atomic mass is 9.95. The zero-order valence-corrected chi connectivity index (χ0v) is 19.4. The Morgan fingerprint density at radius 2 is 1.59 bits per heavy atom. The topological polar surface area (TPSA) is 76.2 Å². The number of hydrogen-bond donors (Lipinski definition) is 0. The molecule has 2 fully saturated rings. The SMILES string of the molecule is COc1ccc(S(=O)(=O)N2CCC(C(=O)N3CCC[C@H]3c3cccc(OC)c3)CC2)cc1. The summed E-state index contributed by atoms with van der Waals surface area (Å²) in [4.78, 5) is 15.6. The molecule has 1 amide bonds. The maximum absolute atomic E-state index is 13.3. The fraction of sp³-hybridized carbons (Fsp3) is 0.458. The van der Waals surface area contributed by atoms with Crippen LogP contribution in [0, 0.1) is 5.92 Å². The number of hydrogen-bond acceptors (Lipinski definition) is 5. The molecule has 32 heavy (non-hydrogen) atoms. The van der Waals surface area contributed by atoms with E-state index in [9.17, 15) is 13.2 Å². The number of ether oxygens (including phenoxy) is 2. The third-order valence-corrected chi connectivity index (χ3v) is 8.43. The Hall–Kier alpha value is -2.58. The van der Waals surface area contributed by atoms with Gasteiger partial charge in [-0.1, -0.05) is 12.1 Å². The van der Waals surface area contributed by atoms with Crippen LogP contribution in [0.15, 0.2) is 53.4 Å². The summed E-state index contributed by atoms with van der Waals surface area (Å²) in [5, 5.41) is 0. The summed E-state index contributed by atoms with van der Waals surface area (Å²) in [6.45, 7) is 1.44. The molecule has 1 atom stereocenters. The third-order valence-electron chi connectivity index (χ3n) is 6.51. The molecular formula is C24H30N2O5S.